The third-order valence-corrected chi connectivity index (χ3v) is 13.9. The van der Waals surface area contributed by atoms with Crippen LogP contribution >= 0.6 is 10.3 Å². The lowest BCUT2D eigenvalue weighted by atomic mass is 9.49. The summed E-state index contributed by atoms with van der Waals surface area (Å²) in [6.07, 6.45) is 20.3. The first-order valence-electron chi connectivity index (χ1n) is 17.4. The van der Waals surface area contributed by atoms with Crippen molar-refractivity contribution in [3.05, 3.63) is 90.5 Å². The fourth-order valence-electron chi connectivity index (χ4n) is 8.83. The molecule has 3 aromatic rings. The van der Waals surface area contributed by atoms with Crippen LogP contribution in [0.1, 0.15) is 109 Å². The largest absolute Gasteiger partial charge is 0.402 e. The first kappa shape index (κ1) is 30.5. The molecule has 0 aliphatic heterocycles. The molecule has 0 spiro atoms. The highest BCUT2D eigenvalue weighted by Crippen LogP contribution is 2.71. The maximum Gasteiger partial charge on any atom is 0.323 e. The topological polar surface area (TPSA) is 26.3 Å². The Bertz CT molecular complexity index is 1220. The molecule has 230 valence electrons. The second-order valence-electron chi connectivity index (χ2n) is 14.0. The van der Waals surface area contributed by atoms with Crippen molar-refractivity contribution in [2.45, 2.75) is 124 Å². The summed E-state index contributed by atoms with van der Waals surface area (Å²) in [5.74, 6) is 2.18. The van der Waals surface area contributed by atoms with Crippen molar-refractivity contribution in [2.24, 2.45) is 23.2 Å². The van der Waals surface area contributed by atoms with E-state index in [4.69, 9.17) is 4.18 Å². The lowest BCUT2D eigenvalue weighted by Crippen LogP contribution is -2.50. The average Bonchev–Trinajstić information content (AvgIpc) is 3.03. The number of rotatable bonds is 15. The number of aryl methyl sites for hydroxylation is 1. The van der Waals surface area contributed by atoms with E-state index in [-0.39, 0.29) is 11.4 Å². The molecule has 4 aliphatic carbocycles. The maximum absolute atomic E-state index is 14.6. The average molecular weight is 597 g/mol. The molecule has 7 rings (SSSR count). The van der Waals surface area contributed by atoms with E-state index in [1.807, 2.05) is 0 Å². The van der Waals surface area contributed by atoms with Crippen LogP contribution in [-0.4, -0.2) is 5.97 Å². The van der Waals surface area contributed by atoms with Crippen molar-refractivity contribution in [1.29, 1.82) is 0 Å². The smallest absolute Gasteiger partial charge is 0.323 e. The Balaban J connectivity index is 1.23. The standard InChI is InChI=1S/C40H52O2S/c1-2-3-4-5-6-7-8-9-12-17-32-22-24-38(25-23-32)43(36-18-13-10-14-19-36,37-20-15-11-16-21-37)42-39(41)40-29-33-26-34(30-40)28-35(27-33)31-40/h10-11,13-16,18-25,33-35H,2-9,12,17,26-31H2,1H3. The molecule has 0 radical (unpaired) electrons. The van der Waals surface area contributed by atoms with E-state index < -0.39 is 10.3 Å². The number of carbonyl (C=O) groups is 1. The van der Waals surface area contributed by atoms with Gasteiger partial charge in [-0.3, -0.25) is 4.79 Å². The zero-order chi connectivity index (χ0) is 29.5. The van der Waals surface area contributed by atoms with Crippen molar-refractivity contribution in [1.82, 2.24) is 0 Å². The van der Waals surface area contributed by atoms with E-state index in [9.17, 15) is 4.79 Å². The molecular formula is C40H52O2S. The maximum atomic E-state index is 14.6. The number of hydrogen-bond donors (Lipinski definition) is 0. The van der Waals surface area contributed by atoms with Gasteiger partial charge in [0, 0.05) is 14.7 Å². The van der Waals surface area contributed by atoms with Crippen LogP contribution in [0.5, 0.6) is 0 Å². The number of hydrogen-bond acceptors (Lipinski definition) is 2. The highest BCUT2D eigenvalue weighted by Gasteiger charge is 2.57. The van der Waals surface area contributed by atoms with Gasteiger partial charge in [0.15, 0.2) is 0 Å². The number of carbonyl (C=O) groups excluding carboxylic acids is 1. The zero-order valence-electron chi connectivity index (χ0n) is 26.4. The van der Waals surface area contributed by atoms with Gasteiger partial charge < -0.3 is 4.18 Å². The fraction of sp³-hybridized carbons (Fsp3) is 0.525. The van der Waals surface area contributed by atoms with E-state index in [2.05, 4.69) is 91.9 Å². The summed E-state index contributed by atoms with van der Waals surface area (Å²) in [5.41, 5.74) is 1.08. The quantitative estimate of drug-likeness (QED) is 0.163. The molecule has 0 N–H and O–H groups in total. The van der Waals surface area contributed by atoms with Crippen LogP contribution in [0.15, 0.2) is 99.6 Å². The lowest BCUT2D eigenvalue weighted by molar-refractivity contribution is -0.160. The molecule has 4 saturated carbocycles. The summed E-state index contributed by atoms with van der Waals surface area (Å²) in [7, 11) is -2.23. The molecule has 3 aromatic carbocycles. The van der Waals surface area contributed by atoms with Crippen molar-refractivity contribution in [3.8, 4) is 0 Å². The van der Waals surface area contributed by atoms with E-state index in [1.54, 1.807) is 0 Å². The van der Waals surface area contributed by atoms with Gasteiger partial charge in [0.25, 0.3) is 0 Å². The number of benzene rings is 3. The van der Waals surface area contributed by atoms with Crippen LogP contribution < -0.4 is 0 Å². The van der Waals surface area contributed by atoms with Gasteiger partial charge in [-0.25, -0.2) is 0 Å². The molecule has 0 heterocycles. The van der Waals surface area contributed by atoms with Crippen molar-refractivity contribution in [2.75, 3.05) is 0 Å². The van der Waals surface area contributed by atoms with E-state index in [0.717, 1.165) is 40.4 Å². The molecule has 0 aromatic heterocycles. The summed E-state index contributed by atoms with van der Waals surface area (Å²) < 4.78 is 7.13. The Morgan fingerprint density at radius 2 is 1.07 bits per heavy atom. The SMILES string of the molecule is CCCCCCCCCCCc1ccc(S(OC(=O)C23CC4CC(CC(C4)C2)C3)(c2ccccc2)c2ccccc2)cc1. The van der Waals surface area contributed by atoms with Gasteiger partial charge >= 0.3 is 5.97 Å². The van der Waals surface area contributed by atoms with Crippen LogP contribution in [0.2, 0.25) is 0 Å². The monoisotopic (exact) mass is 596 g/mol. The molecule has 4 aliphatic rings. The predicted molar refractivity (Wildman–Crippen MR) is 179 cm³/mol. The minimum absolute atomic E-state index is 0.0630. The third kappa shape index (κ3) is 6.77. The van der Waals surface area contributed by atoms with Gasteiger partial charge in [0.05, 0.1) is 5.41 Å². The Kier molecular flexibility index (Phi) is 9.97. The Morgan fingerprint density at radius 1 is 0.628 bits per heavy atom. The van der Waals surface area contributed by atoms with E-state index in [1.165, 1.54) is 82.6 Å². The molecule has 43 heavy (non-hydrogen) atoms. The van der Waals surface area contributed by atoms with Crippen LogP contribution in [-0.2, 0) is 15.4 Å². The summed E-state index contributed by atoms with van der Waals surface area (Å²) >= 11 is 0. The highest BCUT2D eigenvalue weighted by molar-refractivity contribution is 8.30. The summed E-state index contributed by atoms with van der Waals surface area (Å²) in [5, 5.41) is 0. The highest BCUT2D eigenvalue weighted by atomic mass is 32.3. The lowest BCUT2D eigenvalue weighted by Gasteiger charge is -2.56. The Labute approximate surface area is 262 Å². The normalized spacial score (nSPS) is 24.6. The van der Waals surface area contributed by atoms with Crippen molar-refractivity contribution < 1.29 is 8.98 Å². The second kappa shape index (κ2) is 14.1. The molecule has 4 fully saturated rings. The van der Waals surface area contributed by atoms with Gasteiger partial charge in [0.2, 0.25) is 0 Å². The minimum atomic E-state index is -2.23. The van der Waals surface area contributed by atoms with Gasteiger partial charge in [-0.2, -0.15) is 0 Å². The minimum Gasteiger partial charge on any atom is -0.402 e. The Morgan fingerprint density at radius 3 is 1.56 bits per heavy atom. The van der Waals surface area contributed by atoms with Crippen molar-refractivity contribution in [3.63, 3.8) is 0 Å². The van der Waals surface area contributed by atoms with E-state index >= 15 is 0 Å². The van der Waals surface area contributed by atoms with Crippen LogP contribution in [0.25, 0.3) is 0 Å². The molecule has 0 amide bonds. The first-order valence-corrected chi connectivity index (χ1v) is 18.9. The molecule has 0 atom stereocenters. The predicted octanol–water partition coefficient (Wildman–Crippen LogP) is 11.7. The van der Waals surface area contributed by atoms with E-state index in [0.29, 0.717) is 17.8 Å². The summed E-state index contributed by atoms with van der Waals surface area (Å²) in [4.78, 5) is 17.9. The van der Waals surface area contributed by atoms with Crippen LogP contribution in [0.4, 0.5) is 0 Å². The summed E-state index contributed by atoms with van der Waals surface area (Å²) in [6, 6.07) is 30.3. The molecule has 0 unspecified atom stereocenters. The Hall–Kier alpha value is -2.52. The molecule has 3 heteroatoms. The first-order chi connectivity index (χ1) is 21.1. The molecular weight excluding hydrogens is 545 g/mol. The fourth-order valence-corrected chi connectivity index (χ4v) is 11.9. The molecule has 0 saturated heterocycles. The zero-order valence-corrected chi connectivity index (χ0v) is 27.2. The van der Waals surface area contributed by atoms with Gasteiger partial charge in [-0.15, -0.1) is 0 Å². The molecule has 4 bridgehead atoms. The van der Waals surface area contributed by atoms with Gasteiger partial charge in [-0.05, 0) is 121 Å². The van der Waals surface area contributed by atoms with Crippen molar-refractivity contribution >= 4 is 16.3 Å². The number of unbranched alkanes of at least 4 members (excludes halogenated alkanes) is 8. The second-order valence-corrected chi connectivity index (χ2v) is 16.7. The van der Waals surface area contributed by atoms with Gasteiger partial charge in [0.1, 0.15) is 0 Å². The van der Waals surface area contributed by atoms with Crippen LogP contribution in [0.3, 0.4) is 0 Å². The van der Waals surface area contributed by atoms with Crippen LogP contribution in [0, 0.1) is 23.2 Å². The van der Waals surface area contributed by atoms with Gasteiger partial charge in [-0.1, -0.05) is 107 Å². The summed E-state index contributed by atoms with van der Waals surface area (Å²) in [6.45, 7) is 2.28. The third-order valence-electron chi connectivity index (χ3n) is 10.6. The molecule has 2 nitrogen and oxygen atoms in total.